The summed E-state index contributed by atoms with van der Waals surface area (Å²) >= 11 is 0. The van der Waals surface area contributed by atoms with Crippen molar-refractivity contribution in [3.63, 3.8) is 0 Å². The van der Waals surface area contributed by atoms with Crippen LogP contribution in [0.25, 0.3) is 5.57 Å². The normalized spacial score (nSPS) is 17.3. The second-order valence-corrected chi connectivity index (χ2v) is 8.90. The summed E-state index contributed by atoms with van der Waals surface area (Å²) in [5.41, 5.74) is 2.59. The molecule has 4 rings (SSSR count). The van der Waals surface area contributed by atoms with E-state index < -0.39 is 0 Å². The van der Waals surface area contributed by atoms with Crippen molar-refractivity contribution < 1.29 is 18.7 Å². The fourth-order valence-corrected chi connectivity index (χ4v) is 4.38. The van der Waals surface area contributed by atoms with Crippen molar-refractivity contribution in [3.05, 3.63) is 71.2 Å². The molecule has 1 saturated heterocycles. The van der Waals surface area contributed by atoms with Crippen molar-refractivity contribution in [2.45, 2.75) is 39.5 Å². The van der Waals surface area contributed by atoms with Crippen LogP contribution in [-0.2, 0) is 16.0 Å². The van der Waals surface area contributed by atoms with Gasteiger partial charge in [0.25, 0.3) is 11.8 Å². The van der Waals surface area contributed by atoms with E-state index >= 15 is 0 Å². The summed E-state index contributed by atoms with van der Waals surface area (Å²) in [4.78, 5) is 30.4. The first-order valence-corrected chi connectivity index (χ1v) is 11.8. The van der Waals surface area contributed by atoms with Crippen LogP contribution in [0.5, 0.6) is 5.75 Å². The summed E-state index contributed by atoms with van der Waals surface area (Å²) in [5.74, 6) is 0.557. The summed E-state index contributed by atoms with van der Waals surface area (Å²) in [5, 5.41) is 0. The molecule has 0 aromatic heterocycles. The van der Waals surface area contributed by atoms with Gasteiger partial charge in [0.05, 0.1) is 12.2 Å². The van der Waals surface area contributed by atoms with E-state index in [4.69, 9.17) is 4.74 Å². The van der Waals surface area contributed by atoms with E-state index in [1.807, 2.05) is 31.2 Å². The molecule has 174 valence electrons. The van der Waals surface area contributed by atoms with Crippen molar-refractivity contribution in [1.82, 2.24) is 9.80 Å². The first-order valence-electron chi connectivity index (χ1n) is 11.8. The smallest absolute Gasteiger partial charge is 0.277 e. The molecule has 1 fully saturated rings. The van der Waals surface area contributed by atoms with Crippen LogP contribution in [-0.4, -0.2) is 47.9 Å². The predicted octanol–water partition coefficient (Wildman–Crippen LogP) is 4.67. The van der Waals surface area contributed by atoms with Gasteiger partial charge in [-0.1, -0.05) is 38.1 Å². The van der Waals surface area contributed by atoms with E-state index in [1.54, 1.807) is 12.1 Å². The number of amides is 2. The summed E-state index contributed by atoms with van der Waals surface area (Å²) in [6, 6.07) is 13.6. The van der Waals surface area contributed by atoms with E-state index in [1.165, 1.54) is 17.0 Å². The standard InChI is InChI=1S/C27H31FN2O3/c1-3-18-33-23-10-6-21(7-11-23)24-25(29-15-12-19(2)13-16-29)27(32)30(26(24)31)17-14-20-4-8-22(28)9-5-20/h4-11,19H,3,12-18H2,1-2H3. The second kappa shape index (κ2) is 10.2. The van der Waals surface area contributed by atoms with Gasteiger partial charge in [-0.25, -0.2) is 4.39 Å². The Morgan fingerprint density at radius 2 is 1.64 bits per heavy atom. The first kappa shape index (κ1) is 23.0. The summed E-state index contributed by atoms with van der Waals surface area (Å²) in [6.45, 7) is 6.70. The Hall–Kier alpha value is -3.15. The van der Waals surface area contributed by atoms with Gasteiger partial charge >= 0.3 is 0 Å². The predicted molar refractivity (Wildman–Crippen MR) is 126 cm³/mol. The minimum atomic E-state index is -0.302. The number of imide groups is 1. The first-order chi connectivity index (χ1) is 16.0. The molecule has 5 nitrogen and oxygen atoms in total. The molecule has 0 saturated carbocycles. The minimum Gasteiger partial charge on any atom is -0.494 e. The van der Waals surface area contributed by atoms with Gasteiger partial charge in [-0.3, -0.25) is 14.5 Å². The van der Waals surface area contributed by atoms with Crippen LogP contribution >= 0.6 is 0 Å². The molecule has 0 unspecified atom stereocenters. The van der Waals surface area contributed by atoms with Crippen LogP contribution in [0.2, 0.25) is 0 Å². The van der Waals surface area contributed by atoms with E-state index in [-0.39, 0.29) is 24.2 Å². The lowest BCUT2D eigenvalue weighted by atomic mass is 9.97. The highest BCUT2D eigenvalue weighted by molar-refractivity contribution is 6.35. The van der Waals surface area contributed by atoms with Gasteiger partial charge in [-0.15, -0.1) is 0 Å². The topological polar surface area (TPSA) is 49.9 Å². The average Bonchev–Trinajstić information content (AvgIpc) is 3.07. The molecule has 0 atom stereocenters. The number of nitrogens with zero attached hydrogens (tertiary/aromatic N) is 2. The highest BCUT2D eigenvalue weighted by Gasteiger charge is 2.41. The number of rotatable bonds is 8. The lowest BCUT2D eigenvalue weighted by Gasteiger charge is -2.32. The number of carbonyl (C=O) groups excluding carboxylic acids is 2. The molecular formula is C27H31FN2O3. The number of hydrogen-bond acceptors (Lipinski definition) is 4. The zero-order chi connectivity index (χ0) is 23.4. The lowest BCUT2D eigenvalue weighted by Crippen LogP contribution is -2.39. The largest absolute Gasteiger partial charge is 0.494 e. The Morgan fingerprint density at radius 1 is 0.970 bits per heavy atom. The van der Waals surface area contributed by atoms with Crippen LogP contribution in [0.4, 0.5) is 4.39 Å². The Labute approximate surface area is 194 Å². The number of benzene rings is 2. The summed E-state index contributed by atoms with van der Waals surface area (Å²) < 4.78 is 18.9. The van der Waals surface area contributed by atoms with Crippen LogP contribution in [0.1, 0.15) is 44.2 Å². The average molecular weight is 451 g/mol. The molecule has 0 radical (unpaired) electrons. The van der Waals surface area contributed by atoms with E-state index in [9.17, 15) is 14.0 Å². The maximum atomic E-state index is 13.5. The molecule has 33 heavy (non-hydrogen) atoms. The molecule has 0 bridgehead atoms. The molecule has 6 heteroatoms. The van der Waals surface area contributed by atoms with Gasteiger partial charge < -0.3 is 9.64 Å². The molecule has 2 amide bonds. The second-order valence-electron chi connectivity index (χ2n) is 8.90. The zero-order valence-corrected chi connectivity index (χ0v) is 19.4. The maximum absolute atomic E-state index is 13.5. The number of ether oxygens (including phenoxy) is 1. The van der Waals surface area contributed by atoms with E-state index in [2.05, 4.69) is 11.8 Å². The zero-order valence-electron chi connectivity index (χ0n) is 19.4. The Balaban J connectivity index is 1.60. The Bertz CT molecular complexity index is 1020. The van der Waals surface area contributed by atoms with Gasteiger partial charge in [-0.05, 0) is 67.0 Å². The van der Waals surface area contributed by atoms with Gasteiger partial charge in [0, 0.05) is 19.6 Å². The van der Waals surface area contributed by atoms with Gasteiger partial charge in [0.1, 0.15) is 17.3 Å². The molecule has 0 spiro atoms. The number of halogens is 1. The maximum Gasteiger partial charge on any atom is 0.277 e. The molecule has 2 heterocycles. The summed E-state index contributed by atoms with van der Waals surface area (Å²) in [6.07, 6.45) is 3.40. The lowest BCUT2D eigenvalue weighted by molar-refractivity contribution is -0.137. The molecular weight excluding hydrogens is 419 g/mol. The van der Waals surface area contributed by atoms with Crippen molar-refractivity contribution in [1.29, 1.82) is 0 Å². The van der Waals surface area contributed by atoms with Crippen molar-refractivity contribution in [3.8, 4) is 5.75 Å². The third-order valence-corrected chi connectivity index (χ3v) is 6.40. The number of likely N-dealkylation sites (tertiary alicyclic amines) is 1. The Kier molecular flexibility index (Phi) is 7.11. The minimum absolute atomic E-state index is 0.238. The van der Waals surface area contributed by atoms with E-state index in [0.717, 1.165) is 49.2 Å². The highest BCUT2D eigenvalue weighted by atomic mass is 19.1. The molecule has 0 N–H and O–H groups in total. The molecule has 0 aliphatic carbocycles. The van der Waals surface area contributed by atoms with Crippen molar-refractivity contribution in [2.75, 3.05) is 26.2 Å². The summed E-state index contributed by atoms with van der Waals surface area (Å²) in [7, 11) is 0. The van der Waals surface area contributed by atoms with Gasteiger partial charge in [-0.2, -0.15) is 0 Å². The fraction of sp³-hybridized carbons (Fsp3) is 0.407. The Morgan fingerprint density at radius 3 is 2.27 bits per heavy atom. The van der Waals surface area contributed by atoms with Crippen molar-refractivity contribution >= 4 is 17.4 Å². The molecule has 2 aliphatic heterocycles. The van der Waals surface area contributed by atoms with Crippen LogP contribution in [0.3, 0.4) is 0 Å². The van der Waals surface area contributed by atoms with Crippen LogP contribution < -0.4 is 4.74 Å². The molecule has 2 aliphatic rings. The fourth-order valence-electron chi connectivity index (χ4n) is 4.38. The van der Waals surface area contributed by atoms with Crippen LogP contribution in [0, 0.1) is 11.7 Å². The van der Waals surface area contributed by atoms with Crippen molar-refractivity contribution in [2.24, 2.45) is 5.92 Å². The highest BCUT2D eigenvalue weighted by Crippen LogP contribution is 2.34. The van der Waals surface area contributed by atoms with Gasteiger partial charge in [0.2, 0.25) is 0 Å². The van der Waals surface area contributed by atoms with Crippen LogP contribution in [0.15, 0.2) is 54.2 Å². The quantitative estimate of drug-likeness (QED) is 0.549. The van der Waals surface area contributed by atoms with Gasteiger partial charge in [0.15, 0.2) is 0 Å². The molecule has 2 aromatic rings. The number of hydrogen-bond donors (Lipinski definition) is 0. The third-order valence-electron chi connectivity index (χ3n) is 6.40. The number of piperidine rings is 1. The third kappa shape index (κ3) is 5.10. The SMILES string of the molecule is CCCOc1ccc(C2=C(N3CCC(C)CC3)C(=O)N(CCc3ccc(F)cc3)C2=O)cc1. The number of carbonyl (C=O) groups is 2. The van der Waals surface area contributed by atoms with E-state index in [0.29, 0.717) is 30.2 Å². The molecule has 2 aromatic carbocycles. The monoisotopic (exact) mass is 450 g/mol.